The Morgan fingerprint density at radius 1 is 1.00 bits per heavy atom. The van der Waals surface area contributed by atoms with Crippen LogP contribution in [0.5, 0.6) is 17.4 Å². The largest absolute Gasteiger partial charge is 0.496 e. The zero-order valence-corrected chi connectivity index (χ0v) is 20.5. The van der Waals surface area contributed by atoms with E-state index < -0.39 is 20.7 Å². The molecule has 0 atom stereocenters. The second-order valence-corrected chi connectivity index (χ2v) is 9.39. The maximum atomic E-state index is 12.8. The first-order valence-corrected chi connectivity index (χ1v) is 12.5. The molecule has 37 heavy (non-hydrogen) atoms. The molecule has 11 heteroatoms. The number of allylic oxidation sites excluding steroid dienone is 1. The third-order valence-corrected chi connectivity index (χ3v) is 6.84. The van der Waals surface area contributed by atoms with Crippen molar-refractivity contribution in [3.8, 4) is 17.4 Å². The Morgan fingerprint density at radius 2 is 1.68 bits per heavy atom. The Balaban J connectivity index is 1.38. The summed E-state index contributed by atoms with van der Waals surface area (Å²) in [6.45, 7) is -0.173. The number of hydrogen-bond acceptors (Lipinski definition) is 9. The summed E-state index contributed by atoms with van der Waals surface area (Å²) in [7, 11) is -2.77. The van der Waals surface area contributed by atoms with Gasteiger partial charge in [0.25, 0.3) is 9.84 Å². The second kappa shape index (κ2) is 11.4. The number of benzene rings is 3. The molecule has 0 spiro atoms. The topological polar surface area (TPSA) is 132 Å². The van der Waals surface area contributed by atoms with E-state index in [-0.39, 0.29) is 28.8 Å². The quantitative estimate of drug-likeness (QED) is 0.126. The molecule has 10 nitrogen and oxygen atoms in total. The van der Waals surface area contributed by atoms with E-state index >= 15 is 0 Å². The summed E-state index contributed by atoms with van der Waals surface area (Å²) in [5, 5.41) is 14.6. The summed E-state index contributed by atoms with van der Waals surface area (Å²) in [6, 6.07) is 21.5. The molecule has 3 aromatic carbocycles. The molecule has 0 saturated carbocycles. The number of carbonyl (C=O) groups is 1. The van der Waals surface area contributed by atoms with Crippen LogP contribution in [0.2, 0.25) is 0 Å². The normalized spacial score (nSPS) is 11.4. The van der Waals surface area contributed by atoms with E-state index in [0.29, 0.717) is 17.1 Å². The molecule has 0 bridgehead atoms. The van der Waals surface area contributed by atoms with Crippen LogP contribution in [0, 0.1) is 5.21 Å². The summed E-state index contributed by atoms with van der Waals surface area (Å²) in [6.07, 6.45) is 3.17. The third-order valence-electron chi connectivity index (χ3n) is 5.11. The van der Waals surface area contributed by atoms with Crippen molar-refractivity contribution in [1.82, 2.24) is 5.16 Å². The Morgan fingerprint density at radius 3 is 2.38 bits per heavy atom. The van der Waals surface area contributed by atoms with Crippen molar-refractivity contribution in [2.45, 2.75) is 9.92 Å². The first kappa shape index (κ1) is 25.5. The average Bonchev–Trinajstić information content (AvgIpc) is 3.31. The maximum absolute atomic E-state index is 12.8. The molecule has 0 fully saturated rings. The zero-order valence-electron chi connectivity index (χ0n) is 19.6. The lowest BCUT2D eigenvalue weighted by Crippen LogP contribution is -2.31. The fourth-order valence-corrected chi connectivity index (χ4v) is 4.62. The molecule has 4 rings (SSSR count). The first-order valence-electron chi connectivity index (χ1n) is 11.0. The zero-order chi connectivity index (χ0) is 26.3. The molecule has 4 aromatic rings. The first-order chi connectivity index (χ1) is 17.9. The van der Waals surface area contributed by atoms with Gasteiger partial charge >= 0.3 is 10.9 Å². The number of carbonyl (C=O) groups excluding carboxylic acids is 1. The molecule has 190 valence electrons. The lowest BCUT2D eigenvalue weighted by atomic mass is 10.1. The highest BCUT2D eigenvalue weighted by Gasteiger charge is 2.35. The molecular weight excluding hydrogens is 500 g/mol. The van der Waals surface area contributed by atoms with Crippen LogP contribution in [0.15, 0.2) is 99.5 Å². The van der Waals surface area contributed by atoms with Gasteiger partial charge in [0.2, 0.25) is 0 Å². The van der Waals surface area contributed by atoms with Gasteiger partial charge in [0.1, 0.15) is 24.7 Å². The minimum absolute atomic E-state index is 0.0269. The van der Waals surface area contributed by atoms with Crippen molar-refractivity contribution in [1.29, 1.82) is 0 Å². The van der Waals surface area contributed by atoms with Crippen LogP contribution >= 0.6 is 0 Å². The van der Waals surface area contributed by atoms with Gasteiger partial charge in [0, 0.05) is 6.07 Å². The molecule has 0 saturated heterocycles. The molecular formula is C26H22N2O8S. The summed E-state index contributed by atoms with van der Waals surface area (Å²) < 4.78 is 46.4. The van der Waals surface area contributed by atoms with E-state index in [1.54, 1.807) is 30.3 Å². The van der Waals surface area contributed by atoms with Gasteiger partial charge in [0.15, 0.2) is 5.78 Å². The predicted molar refractivity (Wildman–Crippen MR) is 131 cm³/mol. The monoisotopic (exact) mass is 522 g/mol. The second-order valence-electron chi connectivity index (χ2n) is 7.52. The molecule has 0 aliphatic heterocycles. The fourth-order valence-electron chi connectivity index (χ4n) is 3.33. The van der Waals surface area contributed by atoms with E-state index in [9.17, 15) is 18.4 Å². The van der Waals surface area contributed by atoms with E-state index in [2.05, 4.69) is 9.79 Å². The molecule has 0 amide bonds. The summed E-state index contributed by atoms with van der Waals surface area (Å²) in [5.41, 5.74) is 1.25. The van der Waals surface area contributed by atoms with Gasteiger partial charge in [0.05, 0.1) is 22.7 Å². The predicted octanol–water partition coefficient (Wildman–Crippen LogP) is 3.50. The van der Waals surface area contributed by atoms with Crippen LogP contribution in [-0.2, 0) is 9.84 Å². The van der Waals surface area contributed by atoms with Gasteiger partial charge in [-0.3, -0.25) is 9.42 Å². The summed E-state index contributed by atoms with van der Waals surface area (Å²) in [4.78, 5) is 12.3. The Labute approximate surface area is 212 Å². The average molecular weight is 523 g/mol. The van der Waals surface area contributed by atoms with Gasteiger partial charge in [-0.2, -0.15) is 0 Å². The van der Waals surface area contributed by atoms with Crippen LogP contribution in [0.3, 0.4) is 0 Å². The van der Waals surface area contributed by atoms with Crippen molar-refractivity contribution in [3.05, 3.63) is 101 Å². The smallest absolute Gasteiger partial charge is 0.415 e. The number of aromatic nitrogens is 2. The van der Waals surface area contributed by atoms with E-state index in [4.69, 9.17) is 14.2 Å². The highest BCUT2D eigenvalue weighted by atomic mass is 32.2. The Hall–Kier alpha value is -4.64. The highest BCUT2D eigenvalue weighted by molar-refractivity contribution is 7.91. The van der Waals surface area contributed by atoms with Crippen LogP contribution < -0.4 is 19.1 Å². The lowest BCUT2D eigenvalue weighted by molar-refractivity contribution is -0.832. The van der Waals surface area contributed by atoms with Crippen molar-refractivity contribution < 1.29 is 37.0 Å². The molecule has 0 radical (unpaired) electrons. The van der Waals surface area contributed by atoms with E-state index in [0.717, 1.165) is 5.56 Å². The van der Waals surface area contributed by atoms with Crippen molar-refractivity contribution >= 4 is 21.7 Å². The maximum Gasteiger partial charge on any atom is 0.415 e. The Bertz CT molecular complexity index is 1500. The van der Waals surface area contributed by atoms with Crippen LogP contribution in [0.4, 0.5) is 0 Å². The number of sulfone groups is 1. The van der Waals surface area contributed by atoms with Gasteiger partial charge in [-0.25, -0.2) is 8.42 Å². The van der Waals surface area contributed by atoms with Crippen LogP contribution in [0.1, 0.15) is 15.9 Å². The number of ketones is 1. The van der Waals surface area contributed by atoms with Crippen molar-refractivity contribution in [2.24, 2.45) is 0 Å². The summed E-state index contributed by atoms with van der Waals surface area (Å²) >= 11 is 0. The fraction of sp³-hybridized carbons (Fsp3) is 0.115. The highest BCUT2D eigenvalue weighted by Crippen LogP contribution is 2.27. The SMILES string of the molecule is COc1cc(OCCOc2no[n+]([O-])c2S(=O)(=O)c2ccccc2)ccc1C(=O)/C=C/c1ccccc1. The van der Waals surface area contributed by atoms with Crippen molar-refractivity contribution in [2.75, 3.05) is 20.3 Å². The van der Waals surface area contributed by atoms with Crippen molar-refractivity contribution in [3.63, 3.8) is 0 Å². The Kier molecular flexibility index (Phi) is 7.84. The molecule has 0 N–H and O–H groups in total. The minimum Gasteiger partial charge on any atom is -0.496 e. The molecule has 0 aliphatic carbocycles. The van der Waals surface area contributed by atoms with Crippen LogP contribution in [0.25, 0.3) is 6.08 Å². The number of rotatable bonds is 11. The number of nitrogens with zero attached hydrogens (tertiary/aromatic N) is 2. The minimum atomic E-state index is -4.22. The van der Waals surface area contributed by atoms with Gasteiger partial charge in [-0.1, -0.05) is 54.6 Å². The van der Waals surface area contributed by atoms with Gasteiger partial charge < -0.3 is 19.4 Å². The van der Waals surface area contributed by atoms with Gasteiger partial charge in [-0.05, 0) is 40.8 Å². The molecule has 1 heterocycles. The number of ether oxygens (including phenoxy) is 3. The molecule has 0 aliphatic rings. The lowest BCUT2D eigenvalue weighted by Gasteiger charge is -2.10. The van der Waals surface area contributed by atoms with E-state index in [1.165, 1.54) is 37.5 Å². The summed E-state index contributed by atoms with van der Waals surface area (Å²) in [5.74, 6) is -0.00708. The number of hydrogen-bond donors (Lipinski definition) is 0. The van der Waals surface area contributed by atoms with Crippen LogP contribution in [-0.4, -0.2) is 39.7 Å². The molecule has 1 aromatic heterocycles. The molecule has 0 unspecified atom stereocenters. The number of methoxy groups -OCH3 is 1. The van der Waals surface area contributed by atoms with Gasteiger partial charge in [-0.15, -0.1) is 0 Å². The van der Waals surface area contributed by atoms with E-state index in [1.807, 2.05) is 30.3 Å². The third kappa shape index (κ3) is 5.96. The standard InChI is InChI=1S/C26H22N2O8S/c1-33-24-18-20(13-14-22(24)23(29)15-12-19-8-4-2-5-9-19)34-16-17-35-25-26(28(30)36-27-25)37(31,32)21-10-6-3-7-11-21/h2-15,18H,16-17H2,1H3/b15-12+.